The number of rotatable bonds is 2. The molecule has 0 saturated heterocycles. The number of hydrogen-bond donors (Lipinski definition) is 2. The molecule has 108 valence electrons. The van der Waals surface area contributed by atoms with Crippen molar-refractivity contribution in [3.05, 3.63) is 59.1 Å². The Labute approximate surface area is 133 Å². The standard InChI is InChI=1S/C16H15ClN2OS/c17-11-4-3-5-12(10-11)18-16(20)19-14-8-9-21-15-7-2-1-6-13(14)15/h1-7,10,14H,8-9H2,(H2,18,19,20)/t14-/m1/s1. The molecule has 21 heavy (non-hydrogen) atoms. The molecular weight excluding hydrogens is 304 g/mol. The minimum Gasteiger partial charge on any atom is -0.331 e. The molecule has 0 radical (unpaired) electrons. The molecule has 0 aromatic heterocycles. The molecule has 1 aliphatic heterocycles. The van der Waals surface area contributed by atoms with E-state index in [2.05, 4.69) is 22.8 Å². The molecule has 1 atom stereocenters. The van der Waals surface area contributed by atoms with Gasteiger partial charge in [0.1, 0.15) is 0 Å². The fraction of sp³-hybridized carbons (Fsp3) is 0.188. The maximum atomic E-state index is 12.1. The first-order valence-corrected chi connectivity index (χ1v) is 8.13. The fourth-order valence-corrected chi connectivity index (χ4v) is 3.70. The zero-order chi connectivity index (χ0) is 14.7. The summed E-state index contributed by atoms with van der Waals surface area (Å²) < 4.78 is 0. The van der Waals surface area contributed by atoms with Gasteiger partial charge in [0.05, 0.1) is 6.04 Å². The molecular formula is C16H15ClN2OS. The molecule has 3 nitrogen and oxygen atoms in total. The largest absolute Gasteiger partial charge is 0.331 e. The van der Waals surface area contributed by atoms with Crippen LogP contribution in [-0.2, 0) is 0 Å². The van der Waals surface area contributed by atoms with Crippen LogP contribution in [0.3, 0.4) is 0 Å². The highest BCUT2D eigenvalue weighted by Gasteiger charge is 2.21. The number of amides is 2. The second-order valence-electron chi connectivity index (χ2n) is 4.84. The van der Waals surface area contributed by atoms with E-state index in [9.17, 15) is 4.79 Å². The minimum absolute atomic E-state index is 0.0571. The summed E-state index contributed by atoms with van der Waals surface area (Å²) in [6, 6.07) is 15.2. The van der Waals surface area contributed by atoms with Gasteiger partial charge in [-0.25, -0.2) is 4.79 Å². The molecule has 0 saturated carbocycles. The van der Waals surface area contributed by atoms with Gasteiger partial charge >= 0.3 is 6.03 Å². The molecule has 3 rings (SSSR count). The van der Waals surface area contributed by atoms with Crippen LogP contribution in [-0.4, -0.2) is 11.8 Å². The average molecular weight is 319 g/mol. The van der Waals surface area contributed by atoms with E-state index in [1.165, 1.54) is 10.5 Å². The first-order chi connectivity index (χ1) is 10.2. The van der Waals surface area contributed by atoms with Crippen molar-refractivity contribution in [2.24, 2.45) is 0 Å². The van der Waals surface area contributed by atoms with E-state index in [4.69, 9.17) is 11.6 Å². The fourth-order valence-electron chi connectivity index (χ4n) is 2.38. The first-order valence-electron chi connectivity index (χ1n) is 6.77. The third-order valence-corrected chi connectivity index (χ3v) is 4.70. The molecule has 2 amide bonds. The summed E-state index contributed by atoms with van der Waals surface area (Å²) >= 11 is 7.75. The van der Waals surface area contributed by atoms with Crippen LogP contribution in [0, 0.1) is 0 Å². The third kappa shape index (κ3) is 3.52. The molecule has 0 unspecified atom stereocenters. The summed E-state index contributed by atoms with van der Waals surface area (Å²) in [5.41, 5.74) is 1.88. The molecule has 1 heterocycles. The highest BCUT2D eigenvalue weighted by molar-refractivity contribution is 7.99. The number of anilines is 1. The Morgan fingerprint density at radius 1 is 1.19 bits per heavy atom. The van der Waals surface area contributed by atoms with E-state index in [1.807, 2.05) is 36.0 Å². The number of carbonyl (C=O) groups excluding carboxylic acids is 1. The van der Waals surface area contributed by atoms with Gasteiger partial charge in [0.25, 0.3) is 0 Å². The molecule has 5 heteroatoms. The van der Waals surface area contributed by atoms with Crippen molar-refractivity contribution < 1.29 is 4.79 Å². The van der Waals surface area contributed by atoms with Gasteiger partial charge in [-0.3, -0.25) is 0 Å². The van der Waals surface area contributed by atoms with Gasteiger partial charge in [-0.1, -0.05) is 35.9 Å². The van der Waals surface area contributed by atoms with Crippen LogP contribution in [0.1, 0.15) is 18.0 Å². The van der Waals surface area contributed by atoms with Crippen LogP contribution < -0.4 is 10.6 Å². The van der Waals surface area contributed by atoms with E-state index in [0.717, 1.165) is 12.2 Å². The SMILES string of the molecule is O=C(Nc1cccc(Cl)c1)N[C@@H]1CCSc2ccccc21. The monoisotopic (exact) mass is 318 g/mol. The summed E-state index contributed by atoms with van der Waals surface area (Å²) in [4.78, 5) is 13.4. The summed E-state index contributed by atoms with van der Waals surface area (Å²) in [6.45, 7) is 0. The highest BCUT2D eigenvalue weighted by atomic mass is 35.5. The Hall–Kier alpha value is -1.65. The van der Waals surface area contributed by atoms with Crippen molar-refractivity contribution in [2.75, 3.05) is 11.1 Å². The molecule has 2 N–H and O–H groups in total. The average Bonchev–Trinajstić information content (AvgIpc) is 2.47. The molecule has 1 aliphatic rings. The topological polar surface area (TPSA) is 41.1 Å². The zero-order valence-corrected chi connectivity index (χ0v) is 12.9. The van der Waals surface area contributed by atoms with Crippen molar-refractivity contribution in [1.82, 2.24) is 5.32 Å². The quantitative estimate of drug-likeness (QED) is 0.842. The summed E-state index contributed by atoms with van der Waals surface area (Å²) in [5, 5.41) is 6.46. The molecule has 2 aromatic carbocycles. The predicted octanol–water partition coefficient (Wildman–Crippen LogP) is 4.70. The number of urea groups is 1. The van der Waals surface area contributed by atoms with Gasteiger partial charge in [-0.05, 0) is 36.2 Å². The lowest BCUT2D eigenvalue weighted by Crippen LogP contribution is -2.34. The van der Waals surface area contributed by atoms with Crippen molar-refractivity contribution in [1.29, 1.82) is 0 Å². The lowest BCUT2D eigenvalue weighted by Gasteiger charge is -2.25. The van der Waals surface area contributed by atoms with Gasteiger partial charge in [0.15, 0.2) is 0 Å². The van der Waals surface area contributed by atoms with Crippen LogP contribution in [0.2, 0.25) is 5.02 Å². The second-order valence-corrected chi connectivity index (χ2v) is 6.41. The Morgan fingerprint density at radius 2 is 2.05 bits per heavy atom. The summed E-state index contributed by atoms with van der Waals surface area (Å²) in [6.07, 6.45) is 0.935. The van der Waals surface area contributed by atoms with Crippen molar-refractivity contribution in [3.63, 3.8) is 0 Å². The lowest BCUT2D eigenvalue weighted by molar-refractivity contribution is 0.248. The van der Waals surface area contributed by atoms with Crippen LogP contribution in [0.25, 0.3) is 0 Å². The molecule has 0 fully saturated rings. The van der Waals surface area contributed by atoms with Crippen LogP contribution in [0.15, 0.2) is 53.4 Å². The van der Waals surface area contributed by atoms with Crippen molar-refractivity contribution in [3.8, 4) is 0 Å². The number of nitrogens with one attached hydrogen (secondary N) is 2. The lowest BCUT2D eigenvalue weighted by atomic mass is 10.0. The van der Waals surface area contributed by atoms with Crippen molar-refractivity contribution >= 4 is 35.1 Å². The maximum Gasteiger partial charge on any atom is 0.319 e. The van der Waals surface area contributed by atoms with Gasteiger partial charge < -0.3 is 10.6 Å². The number of fused-ring (bicyclic) bond motifs is 1. The molecule has 2 aromatic rings. The van der Waals surface area contributed by atoms with Gasteiger partial charge in [0, 0.05) is 21.4 Å². The molecule has 0 aliphatic carbocycles. The first kappa shape index (κ1) is 14.3. The second kappa shape index (κ2) is 6.41. The maximum absolute atomic E-state index is 12.1. The van der Waals surface area contributed by atoms with Crippen LogP contribution in [0.5, 0.6) is 0 Å². The molecule has 0 bridgehead atoms. The summed E-state index contributed by atoms with van der Waals surface area (Å²) in [7, 11) is 0. The van der Waals surface area contributed by atoms with E-state index < -0.39 is 0 Å². The number of halogens is 1. The van der Waals surface area contributed by atoms with Gasteiger partial charge in [0.2, 0.25) is 0 Å². The Morgan fingerprint density at radius 3 is 2.90 bits per heavy atom. The minimum atomic E-state index is -0.205. The molecule has 0 spiro atoms. The summed E-state index contributed by atoms with van der Waals surface area (Å²) in [5.74, 6) is 1.01. The van der Waals surface area contributed by atoms with Gasteiger partial charge in [-0.15, -0.1) is 11.8 Å². The Bertz CT molecular complexity index is 662. The van der Waals surface area contributed by atoms with E-state index in [-0.39, 0.29) is 12.1 Å². The van der Waals surface area contributed by atoms with Crippen LogP contribution in [0.4, 0.5) is 10.5 Å². The predicted molar refractivity (Wildman–Crippen MR) is 88.1 cm³/mol. The highest BCUT2D eigenvalue weighted by Crippen LogP contribution is 2.35. The third-order valence-electron chi connectivity index (χ3n) is 3.35. The zero-order valence-electron chi connectivity index (χ0n) is 11.3. The number of carbonyl (C=O) groups is 1. The smallest absolute Gasteiger partial charge is 0.319 e. The van der Waals surface area contributed by atoms with Crippen molar-refractivity contribution in [2.45, 2.75) is 17.4 Å². The number of thioether (sulfide) groups is 1. The number of hydrogen-bond acceptors (Lipinski definition) is 2. The van der Waals surface area contributed by atoms with E-state index >= 15 is 0 Å². The van der Waals surface area contributed by atoms with Crippen LogP contribution >= 0.6 is 23.4 Å². The Kier molecular flexibility index (Phi) is 4.36. The van der Waals surface area contributed by atoms with Gasteiger partial charge in [-0.2, -0.15) is 0 Å². The number of benzene rings is 2. The van der Waals surface area contributed by atoms with E-state index in [1.54, 1.807) is 12.1 Å². The Balaban J connectivity index is 1.68. The van der Waals surface area contributed by atoms with E-state index in [0.29, 0.717) is 10.7 Å². The normalized spacial score (nSPS) is 16.9.